The van der Waals surface area contributed by atoms with Crippen molar-refractivity contribution in [3.8, 4) is 11.4 Å². The van der Waals surface area contributed by atoms with Crippen molar-refractivity contribution in [3.63, 3.8) is 0 Å². The van der Waals surface area contributed by atoms with Gasteiger partial charge in [-0.1, -0.05) is 6.92 Å². The Morgan fingerprint density at radius 3 is 2.86 bits per heavy atom. The van der Waals surface area contributed by atoms with Crippen molar-refractivity contribution in [3.05, 3.63) is 46.3 Å². The average Bonchev–Trinajstić information content (AvgIpc) is 2.94. The Labute approximate surface area is 119 Å². The molecule has 2 aromatic rings. The summed E-state index contributed by atoms with van der Waals surface area (Å²) in [6, 6.07) is 4.25. The minimum atomic E-state index is -1.09. The highest BCUT2D eigenvalue weighted by Crippen LogP contribution is 2.29. The van der Waals surface area contributed by atoms with Gasteiger partial charge in [-0.25, -0.2) is 9.48 Å². The van der Waals surface area contributed by atoms with Crippen LogP contribution in [0.15, 0.2) is 30.6 Å². The molecule has 21 heavy (non-hydrogen) atoms. The second-order valence-electron chi connectivity index (χ2n) is 4.24. The van der Waals surface area contributed by atoms with Crippen LogP contribution < -0.4 is 4.74 Å². The van der Waals surface area contributed by atoms with Gasteiger partial charge in [-0.3, -0.25) is 10.1 Å². The Morgan fingerprint density at radius 1 is 1.52 bits per heavy atom. The van der Waals surface area contributed by atoms with Gasteiger partial charge in [0.1, 0.15) is 0 Å². The summed E-state index contributed by atoms with van der Waals surface area (Å²) in [5.41, 5.74) is 0.376. The van der Waals surface area contributed by atoms with Crippen molar-refractivity contribution in [1.82, 2.24) is 9.78 Å². The van der Waals surface area contributed by atoms with Crippen LogP contribution in [0.3, 0.4) is 0 Å². The van der Waals surface area contributed by atoms with E-state index in [1.807, 2.05) is 6.92 Å². The molecule has 0 bridgehead atoms. The van der Waals surface area contributed by atoms with E-state index in [0.29, 0.717) is 18.7 Å². The molecule has 0 saturated carbocycles. The molecule has 0 atom stereocenters. The number of carboxylic acid groups (broad SMARTS) is 1. The van der Waals surface area contributed by atoms with Crippen LogP contribution >= 0.6 is 0 Å². The summed E-state index contributed by atoms with van der Waals surface area (Å²) < 4.78 is 6.69. The monoisotopic (exact) mass is 291 g/mol. The molecule has 8 heteroatoms. The van der Waals surface area contributed by atoms with Crippen LogP contribution in [0.1, 0.15) is 23.7 Å². The van der Waals surface area contributed by atoms with E-state index >= 15 is 0 Å². The second-order valence-corrected chi connectivity index (χ2v) is 4.24. The van der Waals surface area contributed by atoms with Crippen LogP contribution in [0.4, 0.5) is 5.69 Å². The number of nitrogens with zero attached hydrogens (tertiary/aromatic N) is 3. The van der Waals surface area contributed by atoms with Gasteiger partial charge in [0.15, 0.2) is 5.75 Å². The van der Waals surface area contributed by atoms with Gasteiger partial charge in [0, 0.05) is 18.3 Å². The first-order valence-electron chi connectivity index (χ1n) is 6.22. The van der Waals surface area contributed by atoms with Crippen LogP contribution in [0.25, 0.3) is 5.69 Å². The minimum Gasteiger partial charge on any atom is -0.487 e. The average molecular weight is 291 g/mol. The maximum absolute atomic E-state index is 11.0. The highest BCUT2D eigenvalue weighted by Gasteiger charge is 2.17. The summed E-state index contributed by atoms with van der Waals surface area (Å²) in [4.78, 5) is 21.3. The lowest BCUT2D eigenvalue weighted by atomic mass is 10.2. The zero-order chi connectivity index (χ0) is 15.4. The Bertz CT molecular complexity index is 680. The highest BCUT2D eigenvalue weighted by molar-refractivity contribution is 5.87. The summed E-state index contributed by atoms with van der Waals surface area (Å²) in [5, 5.41) is 23.7. The molecule has 1 aromatic heterocycles. The van der Waals surface area contributed by atoms with Gasteiger partial charge in [-0.15, -0.1) is 0 Å². The zero-order valence-corrected chi connectivity index (χ0v) is 11.2. The van der Waals surface area contributed by atoms with Crippen molar-refractivity contribution < 1.29 is 19.6 Å². The van der Waals surface area contributed by atoms with Crippen molar-refractivity contribution in [2.24, 2.45) is 0 Å². The maximum Gasteiger partial charge on any atom is 0.338 e. The normalized spacial score (nSPS) is 10.3. The summed E-state index contributed by atoms with van der Waals surface area (Å²) in [6.45, 7) is 2.24. The smallest absolute Gasteiger partial charge is 0.338 e. The molecule has 2 rings (SSSR count). The molecule has 0 saturated heterocycles. The maximum atomic E-state index is 11.0. The number of hydrogen-bond acceptors (Lipinski definition) is 5. The molecule has 0 spiro atoms. The molecule has 110 valence electrons. The first kappa shape index (κ1) is 14.5. The molecule has 0 aliphatic rings. The number of carbonyl (C=O) groups is 1. The Balaban J connectivity index is 2.39. The minimum absolute atomic E-state index is 0.0318. The Hall–Kier alpha value is -2.90. The number of carboxylic acids is 1. The van der Waals surface area contributed by atoms with Crippen molar-refractivity contribution in [1.29, 1.82) is 0 Å². The van der Waals surface area contributed by atoms with E-state index in [0.717, 1.165) is 0 Å². The molecular formula is C13H13N3O5. The number of nitro groups is 1. The lowest BCUT2D eigenvalue weighted by Crippen LogP contribution is -2.02. The van der Waals surface area contributed by atoms with E-state index in [4.69, 9.17) is 9.84 Å². The number of aromatic carboxylic acids is 1. The van der Waals surface area contributed by atoms with Gasteiger partial charge in [0.25, 0.3) is 0 Å². The largest absolute Gasteiger partial charge is 0.487 e. The Kier molecular flexibility index (Phi) is 4.17. The molecule has 0 aliphatic heterocycles. The van der Waals surface area contributed by atoms with Crippen LogP contribution in [0.2, 0.25) is 0 Å². The predicted octanol–water partition coefficient (Wildman–Crippen LogP) is 2.27. The molecule has 0 amide bonds. The molecule has 1 aromatic carbocycles. The first-order chi connectivity index (χ1) is 10.0. The van der Waals surface area contributed by atoms with Gasteiger partial charge in [0.05, 0.1) is 29.0 Å². The lowest BCUT2D eigenvalue weighted by molar-refractivity contribution is -0.385. The van der Waals surface area contributed by atoms with E-state index < -0.39 is 10.9 Å². The molecule has 1 heterocycles. The summed E-state index contributed by atoms with van der Waals surface area (Å²) >= 11 is 0. The van der Waals surface area contributed by atoms with Gasteiger partial charge in [-0.05, 0) is 12.5 Å². The standard InChI is InChI=1S/C13H13N3O5/c1-2-5-21-12-6-10(3-4-11(12)16(19)20)15-8-9(7-14-15)13(17)18/h3-4,6-8H,2,5H2,1H3,(H,17,18). The zero-order valence-electron chi connectivity index (χ0n) is 11.2. The van der Waals surface area contributed by atoms with Crippen molar-refractivity contribution in [2.75, 3.05) is 6.61 Å². The van der Waals surface area contributed by atoms with Crippen LogP contribution in [-0.2, 0) is 0 Å². The quantitative estimate of drug-likeness (QED) is 0.646. The fourth-order valence-electron chi connectivity index (χ4n) is 1.70. The topological polar surface area (TPSA) is 107 Å². The second kappa shape index (κ2) is 6.04. The molecule has 0 aliphatic carbocycles. The van der Waals surface area contributed by atoms with Gasteiger partial charge in [-0.2, -0.15) is 5.10 Å². The number of nitro benzene ring substituents is 1. The highest BCUT2D eigenvalue weighted by atomic mass is 16.6. The van der Waals surface area contributed by atoms with Gasteiger partial charge >= 0.3 is 11.7 Å². The van der Waals surface area contributed by atoms with Crippen LogP contribution in [-0.4, -0.2) is 32.4 Å². The van der Waals surface area contributed by atoms with Crippen molar-refractivity contribution in [2.45, 2.75) is 13.3 Å². The molecule has 0 unspecified atom stereocenters. The van der Waals surface area contributed by atoms with Crippen molar-refractivity contribution >= 4 is 11.7 Å². The molecule has 1 N–H and O–H groups in total. The van der Waals surface area contributed by atoms with Gasteiger partial charge in [0.2, 0.25) is 0 Å². The van der Waals surface area contributed by atoms with Crippen LogP contribution in [0, 0.1) is 10.1 Å². The number of ether oxygens (including phenoxy) is 1. The van der Waals surface area contributed by atoms with E-state index in [1.54, 1.807) is 0 Å². The number of rotatable bonds is 6. The number of benzene rings is 1. The van der Waals surface area contributed by atoms with E-state index in [1.165, 1.54) is 35.3 Å². The third-order valence-electron chi connectivity index (χ3n) is 2.70. The molecule has 0 fully saturated rings. The van der Waals surface area contributed by atoms with E-state index in [9.17, 15) is 14.9 Å². The summed E-state index contributed by atoms with van der Waals surface area (Å²) in [7, 11) is 0. The number of hydrogen-bond donors (Lipinski definition) is 1. The lowest BCUT2D eigenvalue weighted by Gasteiger charge is -2.08. The van der Waals surface area contributed by atoms with E-state index in [-0.39, 0.29) is 17.0 Å². The SMILES string of the molecule is CCCOc1cc(-n2cc(C(=O)O)cn2)ccc1[N+](=O)[O-]. The summed E-state index contributed by atoms with van der Waals surface area (Å²) in [6.07, 6.45) is 3.25. The fourth-order valence-corrected chi connectivity index (χ4v) is 1.70. The van der Waals surface area contributed by atoms with E-state index in [2.05, 4.69) is 5.10 Å². The predicted molar refractivity (Wildman–Crippen MR) is 73.0 cm³/mol. The molecule has 0 radical (unpaired) electrons. The number of aromatic nitrogens is 2. The summed E-state index contributed by atoms with van der Waals surface area (Å²) in [5.74, 6) is -0.961. The molecular weight excluding hydrogens is 278 g/mol. The van der Waals surface area contributed by atoms with Crippen LogP contribution in [0.5, 0.6) is 5.75 Å². The van der Waals surface area contributed by atoms with Gasteiger partial charge < -0.3 is 9.84 Å². The third kappa shape index (κ3) is 3.16. The fraction of sp³-hybridized carbons (Fsp3) is 0.231. The molecule has 8 nitrogen and oxygen atoms in total. The first-order valence-corrected chi connectivity index (χ1v) is 6.22. The third-order valence-corrected chi connectivity index (χ3v) is 2.70. The Morgan fingerprint density at radius 2 is 2.29 bits per heavy atom.